The average molecular weight is 519 g/mol. The summed E-state index contributed by atoms with van der Waals surface area (Å²) in [6, 6.07) is 9.65. The van der Waals surface area contributed by atoms with Gasteiger partial charge in [-0.1, -0.05) is 42.6 Å². The van der Waals surface area contributed by atoms with Crippen LogP contribution in [0.4, 0.5) is 13.2 Å². The van der Waals surface area contributed by atoms with E-state index < -0.39 is 34.6 Å². The molecular weight excluding hydrogens is 493 g/mol. The van der Waals surface area contributed by atoms with Gasteiger partial charge in [0.05, 0.1) is 34.5 Å². The number of alkyl halides is 3. The first-order valence-electron chi connectivity index (χ1n) is 11.8. The summed E-state index contributed by atoms with van der Waals surface area (Å²) in [6.45, 7) is 0. The van der Waals surface area contributed by atoms with Crippen LogP contribution in [-0.2, 0) is 10.9 Å². The van der Waals surface area contributed by atoms with Crippen LogP contribution in [0.15, 0.2) is 53.7 Å². The molecule has 2 aliphatic rings. The third-order valence-corrected chi connectivity index (χ3v) is 7.47. The van der Waals surface area contributed by atoms with E-state index >= 15 is 0 Å². The highest BCUT2D eigenvalue weighted by atomic mass is 35.5. The number of benzene rings is 2. The standard InChI is InChI=1S/C27H26ClF3N2O3/c1-36-25(35)17-11-9-16(10-12-17)22(32)18-6-5-15-26(13-2-3-14-26)23(18)33-24(34)21-19(27(29,30)31)7-4-8-20(21)28/h4,7-12,32H,2-3,5-6,13-15H2,1H3,(H,33,34). The molecule has 0 aromatic heterocycles. The number of nitrogens with one attached hydrogen (secondary N) is 2. The fourth-order valence-electron chi connectivity index (χ4n) is 5.42. The molecule has 0 bridgehead atoms. The number of carbonyl (C=O) groups excluding carboxylic acids is 2. The molecule has 1 saturated carbocycles. The van der Waals surface area contributed by atoms with E-state index in [1.165, 1.54) is 19.2 Å². The molecule has 5 nitrogen and oxygen atoms in total. The van der Waals surface area contributed by atoms with Gasteiger partial charge in [0.15, 0.2) is 0 Å². The van der Waals surface area contributed by atoms with E-state index in [4.69, 9.17) is 21.7 Å². The number of carbonyl (C=O) groups is 2. The quantitative estimate of drug-likeness (QED) is 0.332. The number of hydrogen-bond donors (Lipinski definition) is 2. The van der Waals surface area contributed by atoms with Gasteiger partial charge in [-0.05, 0) is 67.5 Å². The van der Waals surface area contributed by atoms with Gasteiger partial charge < -0.3 is 10.1 Å². The molecule has 190 valence electrons. The Morgan fingerprint density at radius 2 is 1.61 bits per heavy atom. The zero-order valence-electron chi connectivity index (χ0n) is 19.7. The summed E-state index contributed by atoms with van der Waals surface area (Å²) in [5, 5.41) is 11.4. The van der Waals surface area contributed by atoms with E-state index in [0.29, 0.717) is 28.8 Å². The SMILES string of the molecule is COC(=O)c1ccc(C(=N)C2=C(NC(=O)c3c(Cl)cccc3C(F)(F)F)C3(CCCC3)CCC2)cc1. The fourth-order valence-corrected chi connectivity index (χ4v) is 5.68. The van der Waals surface area contributed by atoms with Gasteiger partial charge in [0, 0.05) is 11.1 Å². The van der Waals surface area contributed by atoms with Gasteiger partial charge in [-0.2, -0.15) is 13.2 Å². The lowest BCUT2D eigenvalue weighted by molar-refractivity contribution is -0.137. The van der Waals surface area contributed by atoms with Crippen LogP contribution >= 0.6 is 11.6 Å². The Balaban J connectivity index is 1.77. The second-order valence-electron chi connectivity index (χ2n) is 9.25. The number of esters is 1. The molecule has 1 spiro atoms. The van der Waals surface area contributed by atoms with Crippen molar-refractivity contribution in [1.82, 2.24) is 5.32 Å². The minimum Gasteiger partial charge on any atom is -0.465 e. The lowest BCUT2D eigenvalue weighted by atomic mass is 9.70. The van der Waals surface area contributed by atoms with Crippen LogP contribution in [0.3, 0.4) is 0 Å². The summed E-state index contributed by atoms with van der Waals surface area (Å²) in [6.07, 6.45) is 0.794. The maximum absolute atomic E-state index is 13.7. The number of allylic oxidation sites excluding steroid dienone is 2. The molecule has 2 N–H and O–H groups in total. The van der Waals surface area contributed by atoms with E-state index in [-0.39, 0.29) is 10.7 Å². The van der Waals surface area contributed by atoms with Crippen molar-refractivity contribution in [2.24, 2.45) is 5.41 Å². The Hall–Kier alpha value is -3.13. The summed E-state index contributed by atoms with van der Waals surface area (Å²) in [4.78, 5) is 25.1. The number of halogens is 4. The number of hydrogen-bond acceptors (Lipinski definition) is 4. The maximum atomic E-state index is 13.7. The molecule has 2 aromatic carbocycles. The lowest BCUT2D eigenvalue weighted by Gasteiger charge is -2.38. The van der Waals surface area contributed by atoms with E-state index in [0.717, 1.165) is 44.6 Å². The number of amides is 1. The van der Waals surface area contributed by atoms with Crippen molar-refractivity contribution in [3.05, 3.63) is 81.0 Å². The van der Waals surface area contributed by atoms with Gasteiger partial charge in [0.1, 0.15) is 0 Å². The molecule has 4 rings (SSSR count). The van der Waals surface area contributed by atoms with Crippen LogP contribution in [0.1, 0.15) is 76.8 Å². The Morgan fingerprint density at radius 1 is 1.00 bits per heavy atom. The number of rotatable bonds is 5. The van der Waals surface area contributed by atoms with E-state index in [2.05, 4.69) is 5.32 Å². The second kappa shape index (κ2) is 10.1. The van der Waals surface area contributed by atoms with Gasteiger partial charge in [-0.3, -0.25) is 10.2 Å². The first-order chi connectivity index (χ1) is 17.1. The van der Waals surface area contributed by atoms with Crippen LogP contribution in [0.2, 0.25) is 5.02 Å². The molecule has 0 saturated heterocycles. The number of methoxy groups -OCH3 is 1. The van der Waals surface area contributed by atoms with Crippen molar-refractivity contribution >= 4 is 29.2 Å². The molecule has 0 radical (unpaired) electrons. The van der Waals surface area contributed by atoms with Gasteiger partial charge in [0.25, 0.3) is 5.91 Å². The molecule has 0 heterocycles. The van der Waals surface area contributed by atoms with Crippen LogP contribution in [0, 0.1) is 10.8 Å². The van der Waals surface area contributed by atoms with Crippen molar-refractivity contribution < 1.29 is 27.5 Å². The second-order valence-corrected chi connectivity index (χ2v) is 9.66. The molecule has 0 unspecified atom stereocenters. The normalized spacial score (nSPS) is 17.2. The largest absolute Gasteiger partial charge is 0.465 e. The molecular formula is C27H26ClF3N2O3. The van der Waals surface area contributed by atoms with Crippen molar-refractivity contribution in [2.45, 2.75) is 51.1 Å². The topological polar surface area (TPSA) is 79.2 Å². The Bertz CT molecular complexity index is 1230. The lowest BCUT2D eigenvalue weighted by Crippen LogP contribution is -2.39. The van der Waals surface area contributed by atoms with Gasteiger partial charge in [-0.25, -0.2) is 4.79 Å². The number of ether oxygens (including phenoxy) is 1. The highest BCUT2D eigenvalue weighted by molar-refractivity contribution is 6.34. The first-order valence-corrected chi connectivity index (χ1v) is 12.1. The molecule has 2 aromatic rings. The van der Waals surface area contributed by atoms with Crippen LogP contribution < -0.4 is 5.32 Å². The predicted octanol–water partition coefficient (Wildman–Crippen LogP) is 6.94. The molecule has 0 atom stereocenters. The minimum absolute atomic E-state index is 0.169. The molecule has 9 heteroatoms. The van der Waals surface area contributed by atoms with Crippen molar-refractivity contribution in [2.75, 3.05) is 7.11 Å². The molecule has 1 amide bonds. The van der Waals surface area contributed by atoms with Gasteiger partial charge >= 0.3 is 12.1 Å². The molecule has 0 aliphatic heterocycles. The smallest absolute Gasteiger partial charge is 0.417 e. The average Bonchev–Trinajstić information content (AvgIpc) is 3.32. The van der Waals surface area contributed by atoms with Gasteiger partial charge in [0.2, 0.25) is 0 Å². The van der Waals surface area contributed by atoms with Crippen LogP contribution in [-0.4, -0.2) is 24.7 Å². The summed E-state index contributed by atoms with van der Waals surface area (Å²) in [5.74, 6) is -1.43. The van der Waals surface area contributed by atoms with Crippen molar-refractivity contribution in [3.8, 4) is 0 Å². The summed E-state index contributed by atoms with van der Waals surface area (Å²) in [7, 11) is 1.28. The maximum Gasteiger partial charge on any atom is 0.417 e. The van der Waals surface area contributed by atoms with E-state index in [9.17, 15) is 22.8 Å². The highest BCUT2D eigenvalue weighted by Gasteiger charge is 2.43. The Kier molecular flexibility index (Phi) is 7.27. The molecule has 36 heavy (non-hydrogen) atoms. The van der Waals surface area contributed by atoms with Crippen molar-refractivity contribution in [1.29, 1.82) is 5.41 Å². The Morgan fingerprint density at radius 3 is 2.22 bits per heavy atom. The summed E-state index contributed by atoms with van der Waals surface area (Å²) >= 11 is 6.09. The zero-order valence-corrected chi connectivity index (χ0v) is 20.5. The highest BCUT2D eigenvalue weighted by Crippen LogP contribution is 2.51. The minimum atomic E-state index is -4.75. The van der Waals surface area contributed by atoms with Crippen LogP contribution in [0.25, 0.3) is 0 Å². The third kappa shape index (κ3) is 4.91. The summed E-state index contributed by atoms with van der Waals surface area (Å²) < 4.78 is 45.8. The first kappa shape index (κ1) is 25.9. The van der Waals surface area contributed by atoms with Crippen molar-refractivity contribution in [3.63, 3.8) is 0 Å². The monoisotopic (exact) mass is 518 g/mol. The van der Waals surface area contributed by atoms with E-state index in [1.807, 2.05) is 0 Å². The summed E-state index contributed by atoms with van der Waals surface area (Å²) in [5.41, 5.74) is 0.0445. The predicted molar refractivity (Wildman–Crippen MR) is 130 cm³/mol. The fraction of sp³-hybridized carbons (Fsp3) is 0.370. The van der Waals surface area contributed by atoms with E-state index in [1.54, 1.807) is 24.3 Å². The van der Waals surface area contributed by atoms with Crippen LogP contribution in [0.5, 0.6) is 0 Å². The molecule has 2 aliphatic carbocycles. The Labute approximate surface area is 212 Å². The molecule has 1 fully saturated rings. The van der Waals surface area contributed by atoms with Gasteiger partial charge in [-0.15, -0.1) is 0 Å². The zero-order chi connectivity index (χ0) is 26.1. The third-order valence-electron chi connectivity index (χ3n) is 7.16.